The van der Waals surface area contributed by atoms with Crippen molar-refractivity contribution in [3.8, 4) is 0 Å². The lowest BCUT2D eigenvalue weighted by atomic mass is 9.72. The summed E-state index contributed by atoms with van der Waals surface area (Å²) in [6.45, 7) is 4.67. The molecule has 0 saturated heterocycles. The van der Waals surface area contributed by atoms with Crippen molar-refractivity contribution in [3.05, 3.63) is 33.4 Å². The van der Waals surface area contributed by atoms with E-state index in [1.165, 1.54) is 35.9 Å². The number of nitrogens with one attached hydrogen (secondary N) is 1. The number of halogens is 2. The summed E-state index contributed by atoms with van der Waals surface area (Å²) in [4.78, 5) is 3.50. The minimum absolute atomic E-state index is 0.422. The molecule has 0 spiro atoms. The van der Waals surface area contributed by atoms with Crippen LogP contribution in [-0.2, 0) is 12.8 Å². The molecule has 3 heteroatoms. The Labute approximate surface area is 124 Å². The molecule has 1 atom stereocenters. The molecule has 0 radical (unpaired) electrons. The molecular weight excluding hydrogens is 277 g/mol. The van der Waals surface area contributed by atoms with Crippen molar-refractivity contribution in [3.63, 3.8) is 0 Å². The fourth-order valence-corrected chi connectivity index (χ4v) is 4.04. The van der Waals surface area contributed by atoms with E-state index in [-0.39, 0.29) is 0 Å². The Kier molecular flexibility index (Phi) is 3.31. The molecule has 19 heavy (non-hydrogen) atoms. The molecule has 0 fully saturated rings. The molecule has 0 bridgehead atoms. The quantitative estimate of drug-likeness (QED) is 0.724. The van der Waals surface area contributed by atoms with Gasteiger partial charge < -0.3 is 4.98 Å². The minimum atomic E-state index is 0.422. The maximum atomic E-state index is 6.30. The molecule has 1 N–H and O–H groups in total. The Bertz CT molecular complexity index is 629. The molecule has 1 aromatic heterocycles. The Morgan fingerprint density at radius 2 is 2.11 bits per heavy atom. The normalized spacial score (nSPS) is 22.7. The van der Waals surface area contributed by atoms with Crippen LogP contribution in [0.2, 0.25) is 10.0 Å². The number of aromatic amines is 1. The van der Waals surface area contributed by atoms with Crippen LogP contribution in [0.1, 0.15) is 44.4 Å². The molecule has 3 rings (SSSR count). The van der Waals surface area contributed by atoms with Crippen molar-refractivity contribution in [1.29, 1.82) is 0 Å². The summed E-state index contributed by atoms with van der Waals surface area (Å²) < 4.78 is 0. The second-order valence-electron chi connectivity index (χ2n) is 6.13. The molecular formula is C16H19Cl2N. The van der Waals surface area contributed by atoms with Gasteiger partial charge in [0.25, 0.3) is 0 Å². The van der Waals surface area contributed by atoms with E-state index in [1.807, 2.05) is 6.07 Å². The summed E-state index contributed by atoms with van der Waals surface area (Å²) in [7, 11) is 0. The van der Waals surface area contributed by atoms with E-state index >= 15 is 0 Å². The predicted molar refractivity (Wildman–Crippen MR) is 83.4 cm³/mol. The number of rotatable bonds is 2. The summed E-state index contributed by atoms with van der Waals surface area (Å²) >= 11 is 12.5. The van der Waals surface area contributed by atoms with Crippen molar-refractivity contribution in [2.75, 3.05) is 0 Å². The van der Waals surface area contributed by atoms with Crippen LogP contribution in [0.4, 0.5) is 0 Å². The first-order valence-electron chi connectivity index (χ1n) is 7.01. The van der Waals surface area contributed by atoms with Crippen LogP contribution in [0.5, 0.6) is 0 Å². The number of benzene rings is 1. The number of H-pyrrole nitrogens is 1. The molecule has 0 amide bonds. The zero-order valence-corrected chi connectivity index (χ0v) is 13.0. The van der Waals surface area contributed by atoms with E-state index in [0.29, 0.717) is 5.41 Å². The van der Waals surface area contributed by atoms with E-state index in [1.54, 1.807) is 0 Å². The SMILES string of the molecule is CCC[C@@]1(C)CCc2[nH]c3c(Cl)cc(Cl)cc3c2C1. The molecule has 1 aliphatic carbocycles. The van der Waals surface area contributed by atoms with Gasteiger partial charge in [-0.2, -0.15) is 0 Å². The van der Waals surface area contributed by atoms with Crippen LogP contribution in [0, 0.1) is 5.41 Å². The second-order valence-corrected chi connectivity index (χ2v) is 6.97. The third kappa shape index (κ3) is 2.28. The van der Waals surface area contributed by atoms with E-state index in [0.717, 1.165) is 28.4 Å². The molecule has 1 aliphatic rings. The highest BCUT2D eigenvalue weighted by Gasteiger charge is 2.31. The first kappa shape index (κ1) is 13.3. The standard InChI is InChI=1S/C16H19Cl2N/c1-3-5-16(2)6-4-14-12(9-16)11-7-10(17)8-13(18)15(11)19-14/h7-8,19H,3-6,9H2,1-2H3/t16-/m0/s1. The maximum Gasteiger partial charge on any atom is 0.0662 e. The lowest BCUT2D eigenvalue weighted by molar-refractivity contribution is 0.253. The van der Waals surface area contributed by atoms with Gasteiger partial charge in [-0.05, 0) is 48.8 Å². The van der Waals surface area contributed by atoms with Crippen LogP contribution in [0.3, 0.4) is 0 Å². The van der Waals surface area contributed by atoms with E-state index in [2.05, 4.69) is 24.9 Å². The Hall–Kier alpha value is -0.660. The molecule has 102 valence electrons. The molecule has 0 saturated carbocycles. The maximum absolute atomic E-state index is 6.30. The minimum Gasteiger partial charge on any atom is -0.357 e. The average Bonchev–Trinajstić information content (AvgIpc) is 2.68. The number of aromatic nitrogens is 1. The Balaban J connectivity index is 2.13. The molecule has 0 aliphatic heterocycles. The lowest BCUT2D eigenvalue weighted by Crippen LogP contribution is -2.25. The first-order chi connectivity index (χ1) is 9.02. The van der Waals surface area contributed by atoms with E-state index in [9.17, 15) is 0 Å². The summed E-state index contributed by atoms with van der Waals surface area (Å²) in [5.74, 6) is 0. The van der Waals surface area contributed by atoms with Crippen molar-refractivity contribution in [2.45, 2.75) is 46.0 Å². The zero-order valence-electron chi connectivity index (χ0n) is 11.4. The predicted octanol–water partition coefficient (Wildman–Crippen LogP) is 5.77. The summed E-state index contributed by atoms with van der Waals surface area (Å²) in [5.41, 5.74) is 4.26. The smallest absolute Gasteiger partial charge is 0.0662 e. The monoisotopic (exact) mass is 295 g/mol. The topological polar surface area (TPSA) is 15.8 Å². The largest absolute Gasteiger partial charge is 0.357 e. The molecule has 2 aromatic rings. The summed E-state index contributed by atoms with van der Waals surface area (Å²) in [6.07, 6.45) is 6.04. The molecule has 0 unspecified atom stereocenters. The van der Waals surface area contributed by atoms with Gasteiger partial charge in [0.1, 0.15) is 0 Å². The van der Waals surface area contributed by atoms with Crippen molar-refractivity contribution >= 4 is 34.1 Å². The van der Waals surface area contributed by atoms with Crippen LogP contribution in [0.25, 0.3) is 10.9 Å². The van der Waals surface area contributed by atoms with Gasteiger partial charge in [-0.15, -0.1) is 0 Å². The molecule has 1 nitrogen and oxygen atoms in total. The zero-order chi connectivity index (χ0) is 13.6. The third-order valence-electron chi connectivity index (χ3n) is 4.46. The van der Waals surface area contributed by atoms with Crippen LogP contribution in [0.15, 0.2) is 12.1 Å². The summed E-state index contributed by atoms with van der Waals surface area (Å²) in [6, 6.07) is 3.87. The van der Waals surface area contributed by atoms with Crippen LogP contribution < -0.4 is 0 Å². The number of aryl methyl sites for hydroxylation is 1. The van der Waals surface area contributed by atoms with Gasteiger partial charge in [0, 0.05) is 16.1 Å². The third-order valence-corrected chi connectivity index (χ3v) is 4.97. The van der Waals surface area contributed by atoms with Gasteiger partial charge in [-0.25, -0.2) is 0 Å². The number of fused-ring (bicyclic) bond motifs is 3. The highest BCUT2D eigenvalue weighted by Crippen LogP contribution is 2.43. The van der Waals surface area contributed by atoms with Gasteiger partial charge in [-0.3, -0.25) is 0 Å². The highest BCUT2D eigenvalue weighted by atomic mass is 35.5. The summed E-state index contributed by atoms with van der Waals surface area (Å²) in [5, 5.41) is 2.67. The van der Waals surface area contributed by atoms with Gasteiger partial charge >= 0.3 is 0 Å². The number of hydrogen-bond donors (Lipinski definition) is 1. The highest BCUT2D eigenvalue weighted by molar-refractivity contribution is 6.38. The Morgan fingerprint density at radius 3 is 2.84 bits per heavy atom. The lowest BCUT2D eigenvalue weighted by Gasteiger charge is -2.33. The fraction of sp³-hybridized carbons (Fsp3) is 0.500. The van der Waals surface area contributed by atoms with Gasteiger partial charge in [-0.1, -0.05) is 43.5 Å². The number of hydrogen-bond acceptors (Lipinski definition) is 0. The van der Waals surface area contributed by atoms with Crippen molar-refractivity contribution in [2.24, 2.45) is 5.41 Å². The van der Waals surface area contributed by atoms with Crippen LogP contribution >= 0.6 is 23.2 Å². The van der Waals surface area contributed by atoms with Gasteiger partial charge in [0.15, 0.2) is 0 Å². The van der Waals surface area contributed by atoms with Crippen LogP contribution in [-0.4, -0.2) is 4.98 Å². The van der Waals surface area contributed by atoms with Crippen molar-refractivity contribution in [1.82, 2.24) is 4.98 Å². The Morgan fingerprint density at radius 1 is 1.32 bits per heavy atom. The first-order valence-corrected chi connectivity index (χ1v) is 7.76. The fourth-order valence-electron chi connectivity index (χ4n) is 3.50. The van der Waals surface area contributed by atoms with E-state index in [4.69, 9.17) is 23.2 Å². The molecule has 1 aromatic carbocycles. The van der Waals surface area contributed by atoms with Crippen molar-refractivity contribution < 1.29 is 0 Å². The van der Waals surface area contributed by atoms with E-state index < -0.39 is 0 Å². The molecule has 1 heterocycles. The average molecular weight is 296 g/mol. The second kappa shape index (κ2) is 4.71. The van der Waals surface area contributed by atoms with Gasteiger partial charge in [0.05, 0.1) is 10.5 Å². The van der Waals surface area contributed by atoms with Gasteiger partial charge in [0.2, 0.25) is 0 Å².